The number of aryl methyl sites for hydroxylation is 1. The van der Waals surface area contributed by atoms with Gasteiger partial charge in [0.15, 0.2) is 0 Å². The zero-order valence-corrected chi connectivity index (χ0v) is 12.5. The van der Waals surface area contributed by atoms with Gasteiger partial charge in [-0.3, -0.25) is 4.79 Å². The SMILES string of the molecule is Cc1cc(C(=O)NCCCCBr)sc1Br. The van der Waals surface area contributed by atoms with Crippen molar-refractivity contribution in [3.63, 3.8) is 0 Å². The van der Waals surface area contributed by atoms with Crippen LogP contribution in [0.15, 0.2) is 9.85 Å². The molecule has 5 heteroatoms. The molecule has 0 spiro atoms. The summed E-state index contributed by atoms with van der Waals surface area (Å²) in [4.78, 5) is 12.4. The molecule has 1 heterocycles. The second-order valence-corrected chi connectivity index (χ2v) is 6.38. The van der Waals surface area contributed by atoms with E-state index in [1.165, 1.54) is 11.3 Å². The first-order valence-corrected chi connectivity index (χ1v) is 7.48. The Morgan fingerprint density at radius 1 is 1.53 bits per heavy atom. The van der Waals surface area contributed by atoms with Crippen LogP contribution in [0.3, 0.4) is 0 Å². The fourth-order valence-electron chi connectivity index (χ4n) is 1.08. The van der Waals surface area contributed by atoms with Crippen molar-refractivity contribution in [2.45, 2.75) is 19.8 Å². The van der Waals surface area contributed by atoms with E-state index >= 15 is 0 Å². The van der Waals surface area contributed by atoms with Crippen LogP contribution in [0.25, 0.3) is 0 Å². The standard InChI is InChI=1S/C10H13Br2NOS/c1-7-6-8(15-9(7)12)10(14)13-5-3-2-4-11/h6H,2-5H2,1H3,(H,13,14). The van der Waals surface area contributed by atoms with Crippen LogP contribution in [-0.4, -0.2) is 17.8 Å². The molecule has 0 aromatic carbocycles. The highest BCUT2D eigenvalue weighted by Gasteiger charge is 2.09. The number of hydrogen-bond donors (Lipinski definition) is 1. The Labute approximate surface area is 111 Å². The molecule has 1 aromatic rings. The van der Waals surface area contributed by atoms with E-state index in [4.69, 9.17) is 0 Å². The van der Waals surface area contributed by atoms with Crippen molar-refractivity contribution in [1.82, 2.24) is 5.32 Å². The highest BCUT2D eigenvalue weighted by molar-refractivity contribution is 9.11. The van der Waals surface area contributed by atoms with Gasteiger partial charge >= 0.3 is 0 Å². The zero-order chi connectivity index (χ0) is 11.3. The van der Waals surface area contributed by atoms with Crippen LogP contribution >= 0.6 is 43.2 Å². The second kappa shape index (κ2) is 6.66. The third kappa shape index (κ3) is 4.25. The highest BCUT2D eigenvalue weighted by atomic mass is 79.9. The molecule has 0 unspecified atom stereocenters. The summed E-state index contributed by atoms with van der Waals surface area (Å²) in [5.74, 6) is 0.0309. The number of rotatable bonds is 5. The summed E-state index contributed by atoms with van der Waals surface area (Å²) in [7, 11) is 0. The number of hydrogen-bond acceptors (Lipinski definition) is 2. The van der Waals surface area contributed by atoms with E-state index in [1.807, 2.05) is 13.0 Å². The number of nitrogens with one attached hydrogen (secondary N) is 1. The normalized spacial score (nSPS) is 10.3. The molecule has 0 radical (unpaired) electrons. The van der Waals surface area contributed by atoms with Gasteiger partial charge in [-0.15, -0.1) is 11.3 Å². The Morgan fingerprint density at radius 3 is 2.80 bits per heavy atom. The minimum Gasteiger partial charge on any atom is -0.351 e. The quantitative estimate of drug-likeness (QED) is 0.633. The summed E-state index contributed by atoms with van der Waals surface area (Å²) in [5, 5.41) is 3.90. The van der Waals surface area contributed by atoms with Gasteiger partial charge in [-0.2, -0.15) is 0 Å². The van der Waals surface area contributed by atoms with E-state index in [1.54, 1.807) is 0 Å². The molecule has 2 nitrogen and oxygen atoms in total. The summed E-state index contributed by atoms with van der Waals surface area (Å²) >= 11 is 8.25. The van der Waals surface area contributed by atoms with Gasteiger partial charge in [-0.05, 0) is 47.3 Å². The van der Waals surface area contributed by atoms with Gasteiger partial charge < -0.3 is 5.32 Å². The molecule has 15 heavy (non-hydrogen) atoms. The molecule has 0 fully saturated rings. The van der Waals surface area contributed by atoms with Crippen LogP contribution < -0.4 is 5.32 Å². The summed E-state index contributed by atoms with van der Waals surface area (Å²) in [5.41, 5.74) is 1.12. The molecule has 1 aromatic heterocycles. The van der Waals surface area contributed by atoms with Crippen LogP contribution in [0.5, 0.6) is 0 Å². The fraction of sp³-hybridized carbons (Fsp3) is 0.500. The maximum Gasteiger partial charge on any atom is 0.261 e. The molecule has 0 bridgehead atoms. The number of thiophene rings is 1. The average molecular weight is 355 g/mol. The Hall–Kier alpha value is 0.130. The smallest absolute Gasteiger partial charge is 0.261 e. The van der Waals surface area contributed by atoms with E-state index in [9.17, 15) is 4.79 Å². The second-order valence-electron chi connectivity index (χ2n) is 3.22. The molecule has 0 aliphatic carbocycles. The van der Waals surface area contributed by atoms with E-state index in [0.717, 1.165) is 38.9 Å². The van der Waals surface area contributed by atoms with Crippen LogP contribution in [0, 0.1) is 6.92 Å². The maximum atomic E-state index is 11.6. The first-order valence-electron chi connectivity index (χ1n) is 4.75. The summed E-state index contributed by atoms with van der Waals surface area (Å²) < 4.78 is 1.04. The Kier molecular flexibility index (Phi) is 5.86. The molecule has 0 atom stereocenters. The van der Waals surface area contributed by atoms with Crippen LogP contribution in [0.4, 0.5) is 0 Å². The Balaban J connectivity index is 2.40. The molecule has 1 amide bonds. The van der Waals surface area contributed by atoms with E-state index < -0.39 is 0 Å². The van der Waals surface area contributed by atoms with Crippen molar-refractivity contribution in [3.05, 3.63) is 20.3 Å². The monoisotopic (exact) mass is 353 g/mol. The van der Waals surface area contributed by atoms with Crippen molar-refractivity contribution in [3.8, 4) is 0 Å². The largest absolute Gasteiger partial charge is 0.351 e. The lowest BCUT2D eigenvalue weighted by molar-refractivity contribution is 0.0957. The number of alkyl halides is 1. The number of unbranched alkanes of at least 4 members (excludes halogenated alkanes) is 1. The number of amides is 1. The minimum absolute atomic E-state index is 0.0309. The molecule has 0 saturated carbocycles. The molecule has 0 saturated heterocycles. The van der Waals surface area contributed by atoms with Gasteiger partial charge in [-0.1, -0.05) is 15.9 Å². The Morgan fingerprint density at radius 2 is 2.27 bits per heavy atom. The van der Waals surface area contributed by atoms with Gasteiger partial charge in [0.25, 0.3) is 5.91 Å². The summed E-state index contributed by atoms with van der Waals surface area (Å²) in [6.45, 7) is 2.74. The van der Waals surface area contributed by atoms with E-state index in [2.05, 4.69) is 37.2 Å². The predicted octanol–water partition coefficient (Wildman–Crippen LogP) is 3.72. The number of carbonyl (C=O) groups is 1. The van der Waals surface area contributed by atoms with Crippen LogP contribution in [0.2, 0.25) is 0 Å². The predicted molar refractivity (Wildman–Crippen MR) is 72.1 cm³/mol. The van der Waals surface area contributed by atoms with Gasteiger partial charge in [0.2, 0.25) is 0 Å². The lowest BCUT2D eigenvalue weighted by atomic mass is 10.3. The van der Waals surface area contributed by atoms with Crippen molar-refractivity contribution in [2.75, 3.05) is 11.9 Å². The first-order chi connectivity index (χ1) is 7.15. The van der Waals surface area contributed by atoms with Crippen LogP contribution in [-0.2, 0) is 0 Å². The summed E-state index contributed by atoms with van der Waals surface area (Å²) in [6.07, 6.45) is 2.11. The average Bonchev–Trinajstić information content (AvgIpc) is 2.54. The lowest BCUT2D eigenvalue weighted by Crippen LogP contribution is -2.23. The lowest BCUT2D eigenvalue weighted by Gasteiger charge is -2.01. The highest BCUT2D eigenvalue weighted by Crippen LogP contribution is 2.27. The molecular weight excluding hydrogens is 342 g/mol. The van der Waals surface area contributed by atoms with Gasteiger partial charge in [-0.25, -0.2) is 0 Å². The summed E-state index contributed by atoms with van der Waals surface area (Å²) in [6, 6.07) is 1.91. The first kappa shape index (κ1) is 13.2. The molecule has 0 aliphatic heterocycles. The van der Waals surface area contributed by atoms with Crippen molar-refractivity contribution in [2.24, 2.45) is 0 Å². The molecule has 0 aliphatic rings. The van der Waals surface area contributed by atoms with E-state index in [0.29, 0.717) is 0 Å². The van der Waals surface area contributed by atoms with Crippen molar-refractivity contribution >= 4 is 49.1 Å². The molecular formula is C10H13Br2NOS. The topological polar surface area (TPSA) is 29.1 Å². The van der Waals surface area contributed by atoms with Gasteiger partial charge in [0, 0.05) is 11.9 Å². The zero-order valence-electron chi connectivity index (χ0n) is 8.48. The van der Waals surface area contributed by atoms with E-state index in [-0.39, 0.29) is 5.91 Å². The van der Waals surface area contributed by atoms with Crippen LogP contribution in [0.1, 0.15) is 28.1 Å². The molecule has 1 rings (SSSR count). The van der Waals surface area contributed by atoms with Crippen molar-refractivity contribution in [1.29, 1.82) is 0 Å². The number of halogens is 2. The molecule has 84 valence electrons. The molecule has 1 N–H and O–H groups in total. The number of carbonyl (C=O) groups excluding carboxylic acids is 1. The fourth-order valence-corrected chi connectivity index (χ4v) is 2.93. The van der Waals surface area contributed by atoms with Crippen molar-refractivity contribution < 1.29 is 4.79 Å². The third-order valence-electron chi connectivity index (χ3n) is 1.93. The third-order valence-corrected chi connectivity index (χ3v) is 4.62. The van der Waals surface area contributed by atoms with Gasteiger partial charge in [0.1, 0.15) is 0 Å². The minimum atomic E-state index is 0.0309. The maximum absolute atomic E-state index is 11.6. The Bertz CT molecular complexity index is 319. The van der Waals surface area contributed by atoms with Gasteiger partial charge in [0.05, 0.1) is 8.66 Å².